The highest BCUT2D eigenvalue weighted by atomic mass is 14.9. The van der Waals surface area contributed by atoms with Crippen LogP contribution in [0.2, 0.25) is 0 Å². The third-order valence-electron chi connectivity index (χ3n) is 1.69. The Bertz CT molecular complexity index is 381. The molecule has 1 aromatic rings. The summed E-state index contributed by atoms with van der Waals surface area (Å²) in [6.45, 7) is 0.698. The van der Waals surface area contributed by atoms with Crippen LogP contribution in [-0.2, 0) is 0 Å². The molecule has 0 amide bonds. The van der Waals surface area contributed by atoms with Crippen molar-refractivity contribution < 1.29 is 0 Å². The maximum Gasteiger partial charge on any atom is 0.0921 e. The minimum absolute atomic E-state index is 0.698. The summed E-state index contributed by atoms with van der Waals surface area (Å²) in [5, 5.41) is 5.04. The van der Waals surface area contributed by atoms with Gasteiger partial charge in [0.25, 0.3) is 0 Å². The van der Waals surface area contributed by atoms with E-state index in [2.05, 4.69) is 10.3 Å². The van der Waals surface area contributed by atoms with Gasteiger partial charge in [-0.15, -0.1) is 0 Å². The highest BCUT2D eigenvalue weighted by Crippen LogP contribution is 1.78. The molecule has 3 nitrogen and oxygen atoms in total. The van der Waals surface area contributed by atoms with Crippen molar-refractivity contribution >= 4 is 11.9 Å². The Hall–Kier alpha value is -1.51. The predicted molar refractivity (Wildman–Crippen MR) is 43.6 cm³/mol. The van der Waals surface area contributed by atoms with Crippen LogP contribution in [0.4, 0.5) is 0 Å². The molecule has 0 radical (unpaired) electrons. The minimum atomic E-state index is 0.698. The van der Waals surface area contributed by atoms with Crippen molar-refractivity contribution in [3.8, 4) is 0 Å². The van der Waals surface area contributed by atoms with E-state index in [1.165, 1.54) is 0 Å². The number of nitrogens with two attached hydrogens (primary N) is 1. The van der Waals surface area contributed by atoms with Gasteiger partial charge in [-0.1, -0.05) is 0 Å². The lowest BCUT2D eigenvalue weighted by Crippen LogP contribution is -2.41. The van der Waals surface area contributed by atoms with E-state index in [0.29, 0.717) is 6.54 Å². The molecule has 0 fully saturated rings. The second kappa shape index (κ2) is 2.27. The number of hydrogen-bond acceptors (Lipinski definition) is 3. The number of pyridine rings is 1. The molecule has 3 heteroatoms. The van der Waals surface area contributed by atoms with Crippen molar-refractivity contribution in [2.24, 2.45) is 5.73 Å². The predicted octanol–water partition coefficient (Wildman–Crippen LogP) is -1.51. The third-order valence-corrected chi connectivity index (χ3v) is 1.69. The lowest BCUT2D eigenvalue weighted by molar-refractivity contribution is 0.984. The summed E-state index contributed by atoms with van der Waals surface area (Å²) < 4.78 is 0. The van der Waals surface area contributed by atoms with Crippen molar-refractivity contribution in [1.29, 1.82) is 0 Å². The first kappa shape index (κ1) is 6.22. The van der Waals surface area contributed by atoms with E-state index in [-0.39, 0.29) is 0 Å². The van der Waals surface area contributed by atoms with Crippen LogP contribution in [0.1, 0.15) is 0 Å². The smallest absolute Gasteiger partial charge is 0.0921 e. The fourth-order valence-electron chi connectivity index (χ4n) is 1.16. The van der Waals surface area contributed by atoms with Crippen LogP contribution in [0.3, 0.4) is 0 Å². The van der Waals surface area contributed by atoms with Crippen LogP contribution in [0.5, 0.6) is 0 Å². The summed E-state index contributed by atoms with van der Waals surface area (Å²) in [5.74, 6) is 0. The van der Waals surface area contributed by atoms with Gasteiger partial charge in [-0.3, -0.25) is 4.98 Å². The van der Waals surface area contributed by atoms with Crippen LogP contribution in [0, 0.1) is 0 Å². The lowest BCUT2D eigenvalue weighted by atomic mass is 10.2. The molecule has 0 spiro atoms. The molecule has 1 aliphatic heterocycles. The van der Waals surface area contributed by atoms with E-state index in [1.807, 2.05) is 18.3 Å². The first-order valence-corrected chi connectivity index (χ1v) is 3.51. The molecule has 56 valence electrons. The zero-order valence-corrected chi connectivity index (χ0v) is 6.04. The van der Waals surface area contributed by atoms with Crippen molar-refractivity contribution in [2.75, 3.05) is 6.54 Å². The van der Waals surface area contributed by atoms with Gasteiger partial charge < -0.3 is 11.1 Å². The molecule has 1 aliphatic rings. The molecule has 0 saturated carbocycles. The van der Waals surface area contributed by atoms with Gasteiger partial charge in [0, 0.05) is 17.6 Å². The topological polar surface area (TPSA) is 50.9 Å². The van der Waals surface area contributed by atoms with Crippen molar-refractivity contribution in [3.05, 3.63) is 28.9 Å². The summed E-state index contributed by atoms with van der Waals surface area (Å²) in [6.07, 6.45) is 3.68. The number of nitrogens with one attached hydrogen (secondary N) is 1. The largest absolute Gasteiger partial charge is 0.399 e. The number of nitrogens with zero attached hydrogens (tertiary/aromatic N) is 1. The Morgan fingerprint density at radius 2 is 2.45 bits per heavy atom. The fourth-order valence-corrected chi connectivity index (χ4v) is 1.16. The quantitative estimate of drug-likeness (QED) is 0.469. The average molecular weight is 147 g/mol. The Morgan fingerprint density at radius 3 is 3.27 bits per heavy atom. The van der Waals surface area contributed by atoms with E-state index in [0.717, 1.165) is 16.3 Å². The average Bonchev–Trinajstić information content (AvgIpc) is 2.06. The van der Waals surface area contributed by atoms with Gasteiger partial charge in [-0.05, 0) is 12.1 Å². The van der Waals surface area contributed by atoms with Gasteiger partial charge in [-0.2, -0.15) is 0 Å². The molecule has 0 aliphatic carbocycles. The molecule has 0 unspecified atom stereocenters. The second-order valence-electron chi connectivity index (χ2n) is 2.49. The van der Waals surface area contributed by atoms with Gasteiger partial charge in [0.05, 0.1) is 17.6 Å². The second-order valence-corrected chi connectivity index (χ2v) is 2.49. The van der Waals surface area contributed by atoms with Gasteiger partial charge >= 0.3 is 0 Å². The zero-order valence-electron chi connectivity index (χ0n) is 6.04. The highest BCUT2D eigenvalue weighted by Gasteiger charge is 1.97. The lowest BCUT2D eigenvalue weighted by Gasteiger charge is -2.06. The van der Waals surface area contributed by atoms with E-state index < -0.39 is 0 Å². The number of hydrogen-bond donors (Lipinski definition) is 2. The first-order valence-electron chi connectivity index (χ1n) is 3.51. The van der Waals surface area contributed by atoms with Crippen LogP contribution in [0.15, 0.2) is 18.3 Å². The summed E-state index contributed by atoms with van der Waals surface area (Å²) in [4.78, 5) is 4.17. The van der Waals surface area contributed by atoms with E-state index in [1.54, 1.807) is 6.20 Å². The summed E-state index contributed by atoms with van der Waals surface area (Å²) in [5.41, 5.74) is 6.53. The van der Waals surface area contributed by atoms with Gasteiger partial charge in [0.2, 0.25) is 0 Å². The van der Waals surface area contributed by atoms with E-state index in [9.17, 15) is 0 Å². The monoisotopic (exact) mass is 147 g/mol. The zero-order chi connectivity index (χ0) is 7.68. The van der Waals surface area contributed by atoms with Crippen molar-refractivity contribution in [3.63, 3.8) is 0 Å². The van der Waals surface area contributed by atoms with Crippen molar-refractivity contribution in [1.82, 2.24) is 10.3 Å². The van der Waals surface area contributed by atoms with Crippen LogP contribution >= 0.6 is 0 Å². The molecule has 11 heavy (non-hydrogen) atoms. The molecule has 0 bridgehead atoms. The minimum Gasteiger partial charge on any atom is -0.399 e. The highest BCUT2D eigenvalue weighted by molar-refractivity contribution is 5.46. The van der Waals surface area contributed by atoms with Crippen molar-refractivity contribution in [2.45, 2.75) is 0 Å². The first-order chi connectivity index (χ1) is 5.38. The number of aromatic nitrogens is 1. The maximum atomic E-state index is 5.72. The van der Waals surface area contributed by atoms with Gasteiger partial charge in [0.15, 0.2) is 0 Å². The molecule has 0 saturated heterocycles. The number of rotatable bonds is 0. The Morgan fingerprint density at radius 1 is 1.55 bits per heavy atom. The van der Waals surface area contributed by atoms with Crippen LogP contribution in [0.25, 0.3) is 11.9 Å². The molecule has 2 heterocycles. The van der Waals surface area contributed by atoms with E-state index >= 15 is 0 Å². The Kier molecular flexibility index (Phi) is 1.28. The third kappa shape index (κ3) is 0.941. The molecule has 2 rings (SSSR count). The molecular formula is C8H9N3. The molecule has 0 atom stereocenters. The normalized spacial score (nSPS) is 14.7. The van der Waals surface area contributed by atoms with Crippen LogP contribution < -0.4 is 21.6 Å². The SMILES string of the molecule is NC1=c2ncccc2=CNC1. The summed E-state index contributed by atoms with van der Waals surface area (Å²) in [7, 11) is 0. The molecule has 1 aromatic heterocycles. The fraction of sp³-hybridized carbons (Fsp3) is 0.125. The molecular weight excluding hydrogens is 138 g/mol. The van der Waals surface area contributed by atoms with E-state index in [4.69, 9.17) is 5.73 Å². The van der Waals surface area contributed by atoms with Gasteiger partial charge in [0.1, 0.15) is 0 Å². The maximum absolute atomic E-state index is 5.72. The summed E-state index contributed by atoms with van der Waals surface area (Å²) in [6, 6.07) is 3.89. The Balaban J connectivity index is 2.89. The van der Waals surface area contributed by atoms with Gasteiger partial charge in [-0.25, -0.2) is 0 Å². The Labute approximate surface area is 64.3 Å². The molecule has 0 aromatic carbocycles. The number of fused-ring (bicyclic) bond motifs is 1. The van der Waals surface area contributed by atoms with Crippen LogP contribution in [-0.4, -0.2) is 11.5 Å². The molecule has 3 N–H and O–H groups in total. The summed E-state index contributed by atoms with van der Waals surface area (Å²) >= 11 is 0. The standard InChI is InChI=1S/C8H9N3/c9-7-5-10-4-6-2-1-3-11-8(6)7/h1-4,10H,5,9H2.